The van der Waals surface area contributed by atoms with E-state index < -0.39 is 12.3 Å². The van der Waals surface area contributed by atoms with Gasteiger partial charge in [-0.3, -0.25) is 4.90 Å². The smallest absolute Gasteiger partial charge is 0.406 e. The molecule has 1 saturated heterocycles. The predicted octanol–water partition coefficient (Wildman–Crippen LogP) is 8.41. The molecule has 3 rings (SSSR count). The molecule has 35 heavy (non-hydrogen) atoms. The molecule has 3 nitrogen and oxygen atoms in total. The molecule has 1 saturated carbocycles. The predicted molar refractivity (Wildman–Crippen MR) is 132 cm³/mol. The van der Waals surface area contributed by atoms with Crippen LogP contribution in [0.2, 0.25) is 0 Å². The van der Waals surface area contributed by atoms with Gasteiger partial charge in [-0.1, -0.05) is 32.4 Å². The molecule has 198 valence electrons. The molecule has 1 aromatic carbocycles. The molecular formula is C27H39F5N2O. The lowest BCUT2D eigenvalue weighted by molar-refractivity contribution is -0.274. The molecule has 2 unspecified atom stereocenters. The zero-order valence-corrected chi connectivity index (χ0v) is 19.8. The molecule has 2 aliphatic rings. The molecule has 0 amide bonds. The van der Waals surface area contributed by atoms with E-state index in [1.807, 2.05) is 17.9 Å². The van der Waals surface area contributed by atoms with Crippen LogP contribution < -0.4 is 10.1 Å². The van der Waals surface area contributed by atoms with Crippen molar-refractivity contribution in [2.24, 2.45) is 11.8 Å². The van der Waals surface area contributed by atoms with E-state index in [0.29, 0.717) is 23.9 Å². The third kappa shape index (κ3) is 10.2. The number of allylic oxidation sites excluding steroid dienone is 3. The topological polar surface area (TPSA) is 24.5 Å². The fourth-order valence-electron chi connectivity index (χ4n) is 5.04. The van der Waals surface area contributed by atoms with E-state index >= 15 is 0 Å². The van der Waals surface area contributed by atoms with E-state index in [0.717, 1.165) is 62.9 Å². The van der Waals surface area contributed by atoms with Gasteiger partial charge in [-0.15, -0.1) is 13.2 Å². The quantitative estimate of drug-likeness (QED) is 0.219. The average molecular weight is 503 g/mol. The second kappa shape index (κ2) is 12.7. The maximum atomic E-state index is 13.6. The van der Waals surface area contributed by atoms with Gasteiger partial charge in [0, 0.05) is 17.8 Å². The zero-order chi connectivity index (χ0) is 24.8. The lowest BCUT2D eigenvalue weighted by Gasteiger charge is -2.33. The van der Waals surface area contributed by atoms with Crippen LogP contribution in [0, 0.1) is 11.8 Å². The summed E-state index contributed by atoms with van der Waals surface area (Å²) < 4.78 is 68.1. The van der Waals surface area contributed by atoms with Crippen LogP contribution in [-0.4, -0.2) is 36.8 Å². The first kappa shape index (κ1) is 29.1. The van der Waals surface area contributed by atoms with Crippen LogP contribution in [0.1, 0.15) is 65.7 Å². The summed E-state index contributed by atoms with van der Waals surface area (Å²) in [6.45, 7) is 7.59. The monoisotopic (exact) mass is 502 g/mol. The summed E-state index contributed by atoms with van der Waals surface area (Å²) in [6, 6.07) is 5.62. The van der Waals surface area contributed by atoms with Crippen LogP contribution >= 0.6 is 0 Å². The van der Waals surface area contributed by atoms with Crippen LogP contribution in [0.25, 0.3) is 0 Å². The van der Waals surface area contributed by atoms with Gasteiger partial charge in [-0.25, -0.2) is 8.78 Å². The first-order chi connectivity index (χ1) is 16.0. The first-order valence-corrected chi connectivity index (χ1v) is 12.1. The minimum Gasteiger partial charge on any atom is -0.406 e. The van der Waals surface area contributed by atoms with Gasteiger partial charge in [0.1, 0.15) is 5.75 Å². The molecule has 0 bridgehead atoms. The van der Waals surface area contributed by atoms with E-state index in [4.69, 9.17) is 0 Å². The lowest BCUT2D eigenvalue weighted by Crippen LogP contribution is -2.43. The maximum absolute atomic E-state index is 13.6. The Bertz CT molecular complexity index is 835. The van der Waals surface area contributed by atoms with E-state index in [1.165, 1.54) is 24.3 Å². The number of hydrogen-bond donors (Lipinski definition) is 1. The van der Waals surface area contributed by atoms with Crippen molar-refractivity contribution in [3.8, 4) is 5.75 Å². The number of rotatable bonds is 8. The van der Waals surface area contributed by atoms with Crippen molar-refractivity contribution in [2.75, 3.05) is 25.0 Å². The molecule has 1 aromatic rings. The minimum absolute atomic E-state index is 0. The van der Waals surface area contributed by atoms with Crippen LogP contribution in [0.15, 0.2) is 48.2 Å². The highest BCUT2D eigenvalue weighted by Crippen LogP contribution is 2.34. The van der Waals surface area contributed by atoms with Crippen LogP contribution in [0.4, 0.5) is 27.6 Å². The SMILES string of the molecule is C.C=C(/C=C(/C)Nc1ccc(OC(F)(F)F)cc1)C1CCCC(CCN2CCCC(F)(F)C2)CC1. The maximum Gasteiger partial charge on any atom is 0.573 e. The van der Waals surface area contributed by atoms with Crippen LogP contribution in [-0.2, 0) is 0 Å². The molecule has 0 radical (unpaired) electrons. The number of benzene rings is 1. The number of hydrogen-bond acceptors (Lipinski definition) is 3. The molecule has 1 N–H and O–H groups in total. The summed E-state index contributed by atoms with van der Waals surface area (Å²) in [6.07, 6.45) is 4.25. The molecule has 8 heteroatoms. The van der Waals surface area contributed by atoms with Crippen LogP contribution in [0.3, 0.4) is 0 Å². The Hall–Kier alpha value is -2.09. The highest BCUT2D eigenvalue weighted by molar-refractivity contribution is 5.51. The molecule has 1 heterocycles. The van der Waals surface area contributed by atoms with E-state index in [9.17, 15) is 22.0 Å². The highest BCUT2D eigenvalue weighted by Gasteiger charge is 2.35. The second-order valence-electron chi connectivity index (χ2n) is 9.69. The van der Waals surface area contributed by atoms with Gasteiger partial charge in [0.05, 0.1) is 6.54 Å². The van der Waals surface area contributed by atoms with Crippen molar-refractivity contribution in [2.45, 2.75) is 78.0 Å². The number of likely N-dealkylation sites (tertiary alicyclic amines) is 1. The zero-order valence-electron chi connectivity index (χ0n) is 19.8. The summed E-state index contributed by atoms with van der Waals surface area (Å²) in [7, 11) is 0. The van der Waals surface area contributed by atoms with Gasteiger partial charge in [0.2, 0.25) is 0 Å². The Morgan fingerprint density at radius 1 is 1.14 bits per heavy atom. The van der Waals surface area contributed by atoms with Gasteiger partial charge in [-0.05, 0) is 94.3 Å². The summed E-state index contributed by atoms with van der Waals surface area (Å²) in [4.78, 5) is 1.92. The molecule has 0 aromatic heterocycles. The van der Waals surface area contributed by atoms with Crippen molar-refractivity contribution in [1.29, 1.82) is 0 Å². The normalized spacial score (nSPS) is 23.7. The van der Waals surface area contributed by atoms with Crippen molar-refractivity contribution >= 4 is 5.69 Å². The molecule has 1 aliphatic carbocycles. The Morgan fingerprint density at radius 3 is 2.51 bits per heavy atom. The van der Waals surface area contributed by atoms with Crippen molar-refractivity contribution in [3.63, 3.8) is 0 Å². The van der Waals surface area contributed by atoms with Crippen molar-refractivity contribution < 1.29 is 26.7 Å². The van der Waals surface area contributed by atoms with E-state index in [1.54, 1.807) is 0 Å². The van der Waals surface area contributed by atoms with Gasteiger partial charge in [-0.2, -0.15) is 0 Å². The summed E-state index contributed by atoms with van der Waals surface area (Å²) >= 11 is 0. The fraction of sp³-hybridized carbons (Fsp3) is 0.630. The van der Waals surface area contributed by atoms with Crippen molar-refractivity contribution in [1.82, 2.24) is 4.90 Å². The Labute approximate surface area is 206 Å². The number of halogens is 5. The molecule has 2 fully saturated rings. The van der Waals surface area contributed by atoms with Gasteiger partial charge in [0.25, 0.3) is 5.92 Å². The van der Waals surface area contributed by atoms with Gasteiger partial charge in [0.15, 0.2) is 0 Å². The number of anilines is 1. The third-order valence-corrected chi connectivity index (χ3v) is 6.77. The molecule has 2 atom stereocenters. The number of ether oxygens (including phenoxy) is 1. The fourth-order valence-corrected chi connectivity index (χ4v) is 5.04. The van der Waals surface area contributed by atoms with Gasteiger partial charge >= 0.3 is 6.36 Å². The highest BCUT2D eigenvalue weighted by atomic mass is 19.4. The number of nitrogens with zero attached hydrogens (tertiary/aromatic N) is 1. The summed E-state index contributed by atoms with van der Waals surface area (Å²) in [5, 5.41) is 3.19. The van der Waals surface area contributed by atoms with E-state index in [-0.39, 0.29) is 26.1 Å². The standard InChI is InChI=1S/C26H35F5N2O.CH4/c1-19(17-20(2)32-23-9-11-24(12-10-23)34-26(29,30)31)22-6-3-5-21(7-8-22)13-16-33-15-4-14-25(27,28)18-33;/h9-12,17,21-22,32H,1,3-8,13-16,18H2,2H3;1H4/b20-17-;. The average Bonchev–Trinajstić information content (AvgIpc) is 2.98. The van der Waals surface area contributed by atoms with Gasteiger partial charge < -0.3 is 10.1 Å². The second-order valence-corrected chi connectivity index (χ2v) is 9.69. The van der Waals surface area contributed by atoms with E-state index in [2.05, 4.69) is 16.6 Å². The van der Waals surface area contributed by atoms with Crippen molar-refractivity contribution in [3.05, 3.63) is 48.2 Å². The third-order valence-electron chi connectivity index (χ3n) is 6.77. The number of piperidine rings is 1. The Kier molecular flexibility index (Phi) is 10.6. The largest absolute Gasteiger partial charge is 0.573 e. The molecular weight excluding hydrogens is 463 g/mol. The molecule has 1 aliphatic heterocycles. The summed E-state index contributed by atoms with van der Waals surface area (Å²) in [5.74, 6) is -1.86. The number of alkyl halides is 5. The lowest BCUT2D eigenvalue weighted by atomic mass is 9.90. The molecule has 0 spiro atoms. The summed E-state index contributed by atoms with van der Waals surface area (Å²) in [5.41, 5.74) is 2.57. The van der Waals surface area contributed by atoms with Crippen LogP contribution in [0.5, 0.6) is 5.75 Å². The number of nitrogens with one attached hydrogen (secondary N) is 1. The Balaban J connectivity index is 0.00000432. The minimum atomic E-state index is -4.71. The first-order valence-electron chi connectivity index (χ1n) is 12.1. The Morgan fingerprint density at radius 2 is 1.86 bits per heavy atom.